The average Bonchev–Trinajstić information content (AvgIpc) is 3.10. The lowest BCUT2D eigenvalue weighted by molar-refractivity contribution is 0.0963. The standard InChI is InChI=1S/C19H36N4O2/c1-4-19(11-7-8-12-19)15-21-17(20-5-2)22-16-9-13-23(14-10-16)18(24)25-6-3/h16H,4-15H2,1-3H3,(H2,20,21,22). The molecule has 2 fully saturated rings. The highest BCUT2D eigenvalue weighted by Gasteiger charge is 2.32. The van der Waals surface area contributed by atoms with Crippen LogP contribution in [0.5, 0.6) is 0 Å². The average molecular weight is 353 g/mol. The molecule has 0 aromatic carbocycles. The summed E-state index contributed by atoms with van der Waals surface area (Å²) in [6, 6.07) is 0.365. The highest BCUT2D eigenvalue weighted by molar-refractivity contribution is 5.80. The van der Waals surface area contributed by atoms with Gasteiger partial charge < -0.3 is 20.3 Å². The second-order valence-electron chi connectivity index (χ2n) is 7.36. The summed E-state index contributed by atoms with van der Waals surface area (Å²) in [5.41, 5.74) is 0.412. The number of likely N-dealkylation sites (tertiary alicyclic amines) is 1. The van der Waals surface area contributed by atoms with Crippen molar-refractivity contribution in [1.29, 1.82) is 0 Å². The molecule has 0 radical (unpaired) electrons. The number of amides is 1. The van der Waals surface area contributed by atoms with Crippen molar-refractivity contribution >= 4 is 12.1 Å². The van der Waals surface area contributed by atoms with Gasteiger partial charge in [-0.15, -0.1) is 0 Å². The smallest absolute Gasteiger partial charge is 0.409 e. The van der Waals surface area contributed by atoms with Crippen LogP contribution < -0.4 is 10.6 Å². The van der Waals surface area contributed by atoms with E-state index in [4.69, 9.17) is 9.73 Å². The van der Waals surface area contributed by atoms with Crippen LogP contribution in [-0.2, 0) is 4.74 Å². The molecule has 6 heteroatoms. The second-order valence-corrected chi connectivity index (χ2v) is 7.36. The zero-order valence-corrected chi connectivity index (χ0v) is 16.3. The van der Waals surface area contributed by atoms with Gasteiger partial charge in [0.2, 0.25) is 0 Å². The van der Waals surface area contributed by atoms with Crippen molar-refractivity contribution in [1.82, 2.24) is 15.5 Å². The Balaban J connectivity index is 1.85. The van der Waals surface area contributed by atoms with E-state index in [2.05, 4.69) is 24.5 Å². The van der Waals surface area contributed by atoms with Gasteiger partial charge >= 0.3 is 6.09 Å². The number of nitrogens with zero attached hydrogens (tertiary/aromatic N) is 2. The van der Waals surface area contributed by atoms with E-state index in [1.165, 1.54) is 32.1 Å². The summed E-state index contributed by atoms with van der Waals surface area (Å²) in [4.78, 5) is 18.5. The zero-order chi connectivity index (χ0) is 18.1. The Hall–Kier alpha value is -1.46. The maximum atomic E-state index is 11.8. The van der Waals surface area contributed by atoms with Crippen molar-refractivity contribution in [3.05, 3.63) is 0 Å². The third-order valence-corrected chi connectivity index (χ3v) is 5.69. The van der Waals surface area contributed by atoms with Crippen molar-refractivity contribution in [2.45, 2.75) is 71.8 Å². The molecule has 0 bridgehead atoms. The first-order valence-corrected chi connectivity index (χ1v) is 10.1. The van der Waals surface area contributed by atoms with Gasteiger partial charge in [-0.2, -0.15) is 0 Å². The van der Waals surface area contributed by atoms with Crippen LogP contribution >= 0.6 is 0 Å². The molecule has 1 saturated heterocycles. The number of piperidine rings is 1. The quantitative estimate of drug-likeness (QED) is 0.569. The Kier molecular flexibility index (Phi) is 7.85. The minimum Gasteiger partial charge on any atom is -0.450 e. The van der Waals surface area contributed by atoms with Crippen molar-refractivity contribution in [2.75, 3.05) is 32.8 Å². The van der Waals surface area contributed by atoms with Gasteiger partial charge in [-0.25, -0.2) is 4.79 Å². The van der Waals surface area contributed by atoms with Crippen molar-refractivity contribution in [3.8, 4) is 0 Å². The number of guanidine groups is 1. The molecule has 0 aromatic rings. The Morgan fingerprint density at radius 1 is 1.20 bits per heavy atom. The van der Waals surface area contributed by atoms with E-state index < -0.39 is 0 Å². The number of carbonyl (C=O) groups is 1. The molecule has 1 aliphatic heterocycles. The molecule has 1 heterocycles. The number of rotatable bonds is 6. The number of hydrogen-bond donors (Lipinski definition) is 2. The third kappa shape index (κ3) is 5.79. The predicted molar refractivity (Wildman–Crippen MR) is 102 cm³/mol. The van der Waals surface area contributed by atoms with Gasteiger partial charge in [-0.1, -0.05) is 19.8 Å². The molecule has 25 heavy (non-hydrogen) atoms. The highest BCUT2D eigenvalue weighted by Crippen LogP contribution is 2.41. The fourth-order valence-corrected chi connectivity index (χ4v) is 3.93. The van der Waals surface area contributed by atoms with Gasteiger partial charge in [0, 0.05) is 32.2 Å². The zero-order valence-electron chi connectivity index (χ0n) is 16.3. The van der Waals surface area contributed by atoms with E-state index in [1.807, 2.05) is 6.92 Å². The van der Waals surface area contributed by atoms with Gasteiger partial charge in [-0.05, 0) is 51.4 Å². The van der Waals surface area contributed by atoms with Crippen LogP contribution in [0, 0.1) is 5.41 Å². The Morgan fingerprint density at radius 2 is 1.88 bits per heavy atom. The first-order chi connectivity index (χ1) is 12.1. The summed E-state index contributed by atoms with van der Waals surface area (Å²) in [6.07, 6.45) is 8.21. The molecule has 0 aromatic heterocycles. The topological polar surface area (TPSA) is 66.0 Å². The maximum Gasteiger partial charge on any atom is 0.409 e. The first kappa shape index (κ1) is 19.9. The molecule has 0 atom stereocenters. The summed E-state index contributed by atoms with van der Waals surface area (Å²) >= 11 is 0. The van der Waals surface area contributed by atoms with Crippen molar-refractivity contribution < 1.29 is 9.53 Å². The summed E-state index contributed by atoms with van der Waals surface area (Å²) < 4.78 is 5.09. The van der Waals surface area contributed by atoms with Crippen LogP contribution in [0.15, 0.2) is 4.99 Å². The molecule has 1 saturated carbocycles. The van der Waals surface area contributed by atoms with E-state index >= 15 is 0 Å². The van der Waals surface area contributed by atoms with Gasteiger partial charge in [0.15, 0.2) is 5.96 Å². The number of nitrogens with one attached hydrogen (secondary N) is 2. The number of hydrogen-bond acceptors (Lipinski definition) is 3. The van der Waals surface area contributed by atoms with E-state index in [0.717, 1.165) is 45.0 Å². The summed E-state index contributed by atoms with van der Waals surface area (Å²) in [5.74, 6) is 0.928. The van der Waals surface area contributed by atoms with E-state index in [-0.39, 0.29) is 6.09 Å². The van der Waals surface area contributed by atoms with Crippen LogP contribution in [0.4, 0.5) is 4.79 Å². The Bertz CT molecular complexity index is 439. The first-order valence-electron chi connectivity index (χ1n) is 10.1. The molecular weight excluding hydrogens is 316 g/mol. The number of carbonyl (C=O) groups excluding carboxylic acids is 1. The van der Waals surface area contributed by atoms with Crippen molar-refractivity contribution in [2.24, 2.45) is 10.4 Å². The molecule has 1 aliphatic carbocycles. The van der Waals surface area contributed by atoms with Gasteiger partial charge in [0.25, 0.3) is 0 Å². The molecular formula is C19H36N4O2. The lowest BCUT2D eigenvalue weighted by Gasteiger charge is -2.32. The van der Waals surface area contributed by atoms with Crippen LogP contribution in [0.2, 0.25) is 0 Å². The van der Waals surface area contributed by atoms with E-state index in [9.17, 15) is 4.79 Å². The van der Waals surface area contributed by atoms with Gasteiger partial charge in [-0.3, -0.25) is 4.99 Å². The van der Waals surface area contributed by atoms with Crippen LogP contribution in [0.1, 0.15) is 65.7 Å². The largest absolute Gasteiger partial charge is 0.450 e. The fraction of sp³-hybridized carbons (Fsp3) is 0.895. The van der Waals surface area contributed by atoms with Gasteiger partial charge in [0.05, 0.1) is 6.61 Å². The van der Waals surface area contributed by atoms with Crippen LogP contribution in [0.25, 0.3) is 0 Å². The highest BCUT2D eigenvalue weighted by atomic mass is 16.6. The summed E-state index contributed by atoms with van der Waals surface area (Å²) in [5, 5.41) is 6.96. The van der Waals surface area contributed by atoms with E-state index in [1.54, 1.807) is 4.90 Å². The van der Waals surface area contributed by atoms with Gasteiger partial charge in [0.1, 0.15) is 0 Å². The Labute approximate surface area is 152 Å². The Morgan fingerprint density at radius 3 is 2.44 bits per heavy atom. The SMILES string of the molecule is CCNC(=NCC1(CC)CCCC1)NC1CCN(C(=O)OCC)CC1. The molecule has 6 nitrogen and oxygen atoms in total. The normalized spacial score (nSPS) is 21.2. The maximum absolute atomic E-state index is 11.8. The summed E-state index contributed by atoms with van der Waals surface area (Å²) in [6.45, 7) is 9.96. The fourth-order valence-electron chi connectivity index (χ4n) is 3.93. The van der Waals surface area contributed by atoms with E-state index in [0.29, 0.717) is 18.1 Å². The molecule has 144 valence electrons. The lowest BCUT2D eigenvalue weighted by Crippen LogP contribution is -2.50. The van der Waals surface area contributed by atoms with Crippen molar-refractivity contribution in [3.63, 3.8) is 0 Å². The molecule has 2 rings (SSSR count). The molecule has 2 N–H and O–H groups in total. The third-order valence-electron chi connectivity index (χ3n) is 5.69. The van der Waals surface area contributed by atoms with Crippen LogP contribution in [0.3, 0.4) is 0 Å². The molecule has 1 amide bonds. The summed E-state index contributed by atoms with van der Waals surface area (Å²) in [7, 11) is 0. The second kappa shape index (κ2) is 9.88. The molecule has 0 spiro atoms. The monoisotopic (exact) mass is 352 g/mol. The number of aliphatic imine (C=N–C) groups is 1. The number of ether oxygens (including phenoxy) is 1. The minimum absolute atomic E-state index is 0.187. The minimum atomic E-state index is -0.187. The lowest BCUT2D eigenvalue weighted by atomic mass is 9.84. The molecule has 0 unspecified atom stereocenters. The predicted octanol–water partition coefficient (Wildman–Crippen LogP) is 3.13. The molecule has 2 aliphatic rings. The van der Waals surface area contributed by atoms with Crippen LogP contribution in [-0.4, -0.2) is 55.8 Å².